The van der Waals surface area contributed by atoms with Crippen molar-refractivity contribution in [2.45, 2.75) is 32.7 Å². The summed E-state index contributed by atoms with van der Waals surface area (Å²) in [6.45, 7) is 4.66. The quantitative estimate of drug-likeness (QED) is 0.577. The van der Waals surface area contributed by atoms with Crippen molar-refractivity contribution in [3.8, 4) is 11.3 Å². The minimum Gasteiger partial charge on any atom is -0.356 e. The highest BCUT2D eigenvalue weighted by atomic mass is 16.2. The van der Waals surface area contributed by atoms with Crippen molar-refractivity contribution in [2.24, 2.45) is 5.92 Å². The minimum absolute atomic E-state index is 0.00280. The highest BCUT2D eigenvalue weighted by molar-refractivity contribution is 5.79. The Kier molecular flexibility index (Phi) is 6.89. The van der Waals surface area contributed by atoms with Crippen LogP contribution in [0.4, 0.5) is 5.82 Å². The number of benzene rings is 1. The fraction of sp³-hybridized carbons (Fsp3) is 0.375. The van der Waals surface area contributed by atoms with Crippen molar-refractivity contribution in [2.75, 3.05) is 24.5 Å². The van der Waals surface area contributed by atoms with Gasteiger partial charge in [-0.3, -0.25) is 9.59 Å². The fourth-order valence-electron chi connectivity index (χ4n) is 4.01. The molecule has 1 fully saturated rings. The van der Waals surface area contributed by atoms with Crippen LogP contribution in [0.5, 0.6) is 0 Å². The number of hydrogen-bond acceptors (Lipinski definition) is 6. The summed E-state index contributed by atoms with van der Waals surface area (Å²) in [4.78, 5) is 26.3. The van der Waals surface area contributed by atoms with Crippen molar-refractivity contribution in [1.82, 2.24) is 25.3 Å². The van der Waals surface area contributed by atoms with E-state index in [9.17, 15) is 9.59 Å². The topological polar surface area (TPSA) is 93.0 Å². The summed E-state index contributed by atoms with van der Waals surface area (Å²) in [6.07, 6.45) is 3.83. The fourth-order valence-corrected chi connectivity index (χ4v) is 4.01. The highest BCUT2D eigenvalue weighted by Crippen LogP contribution is 2.24. The van der Waals surface area contributed by atoms with Gasteiger partial charge in [0.05, 0.1) is 5.69 Å². The lowest BCUT2D eigenvalue weighted by molar-refractivity contribution is -0.125. The lowest BCUT2D eigenvalue weighted by Crippen LogP contribution is -2.41. The smallest absolute Gasteiger partial charge is 0.266 e. The van der Waals surface area contributed by atoms with Gasteiger partial charge in [0.25, 0.3) is 5.56 Å². The molecule has 2 aromatic heterocycles. The number of piperidine rings is 1. The Bertz CT molecular complexity index is 1100. The molecule has 0 aliphatic carbocycles. The molecule has 0 atom stereocenters. The summed E-state index contributed by atoms with van der Waals surface area (Å²) >= 11 is 0. The van der Waals surface area contributed by atoms with E-state index in [0.29, 0.717) is 19.5 Å². The molecule has 1 aliphatic rings. The van der Waals surface area contributed by atoms with Crippen molar-refractivity contribution in [3.63, 3.8) is 0 Å². The SMILES string of the molecule is Cc1ccccc1-c1ccc(N2CCC(C(=O)NCCCn3ncccc3=O)CC2)nn1. The Balaban J connectivity index is 1.23. The molecule has 8 nitrogen and oxygen atoms in total. The predicted octanol–water partition coefficient (Wildman–Crippen LogP) is 2.43. The van der Waals surface area contributed by atoms with Gasteiger partial charge in [0.2, 0.25) is 5.91 Å². The summed E-state index contributed by atoms with van der Waals surface area (Å²) in [5.74, 6) is 0.934. The van der Waals surface area contributed by atoms with Gasteiger partial charge in [-0.15, -0.1) is 10.2 Å². The Morgan fingerprint density at radius 2 is 1.88 bits per heavy atom. The standard InChI is InChI=1S/C24H28N6O2/c1-18-6-2-3-7-20(18)21-9-10-22(28-27-21)29-16-11-19(12-17-29)24(32)25-13-5-15-30-23(31)8-4-14-26-30/h2-4,6-10,14,19H,5,11-13,15-17H2,1H3,(H,25,32). The zero-order valence-corrected chi connectivity index (χ0v) is 18.3. The van der Waals surface area contributed by atoms with Gasteiger partial charge >= 0.3 is 0 Å². The molecular formula is C24H28N6O2. The van der Waals surface area contributed by atoms with Gasteiger partial charge in [0, 0.05) is 49.9 Å². The highest BCUT2D eigenvalue weighted by Gasteiger charge is 2.25. The molecule has 3 heterocycles. The third-order valence-electron chi connectivity index (χ3n) is 5.89. The average molecular weight is 433 g/mol. The van der Waals surface area contributed by atoms with Crippen LogP contribution in [-0.4, -0.2) is 45.5 Å². The van der Waals surface area contributed by atoms with Crippen LogP contribution in [0.2, 0.25) is 0 Å². The van der Waals surface area contributed by atoms with Crippen LogP contribution in [0.25, 0.3) is 11.3 Å². The first-order valence-electron chi connectivity index (χ1n) is 11.1. The summed E-state index contributed by atoms with van der Waals surface area (Å²) < 4.78 is 1.41. The lowest BCUT2D eigenvalue weighted by Gasteiger charge is -2.31. The molecule has 1 aliphatic heterocycles. The largest absolute Gasteiger partial charge is 0.356 e. The van der Waals surface area contributed by atoms with Crippen LogP contribution in [-0.2, 0) is 11.3 Å². The molecule has 4 rings (SSSR count). The van der Waals surface area contributed by atoms with E-state index in [1.165, 1.54) is 16.3 Å². The van der Waals surface area contributed by atoms with E-state index in [1.807, 2.05) is 24.3 Å². The number of nitrogens with zero attached hydrogens (tertiary/aromatic N) is 5. The van der Waals surface area contributed by atoms with Crippen molar-refractivity contribution in [1.29, 1.82) is 0 Å². The van der Waals surface area contributed by atoms with Gasteiger partial charge in [-0.1, -0.05) is 24.3 Å². The Hall–Kier alpha value is -3.55. The van der Waals surface area contributed by atoms with E-state index >= 15 is 0 Å². The van der Waals surface area contributed by atoms with Gasteiger partial charge in [0.15, 0.2) is 5.82 Å². The van der Waals surface area contributed by atoms with Crippen molar-refractivity contribution >= 4 is 11.7 Å². The molecule has 3 aromatic rings. The maximum absolute atomic E-state index is 12.5. The number of amides is 1. The molecule has 0 bridgehead atoms. The number of carbonyl (C=O) groups excluding carboxylic acids is 1. The van der Waals surface area contributed by atoms with Crippen molar-refractivity contribution in [3.05, 3.63) is 70.6 Å². The van der Waals surface area contributed by atoms with Gasteiger partial charge in [0.1, 0.15) is 0 Å². The predicted molar refractivity (Wildman–Crippen MR) is 123 cm³/mol. The van der Waals surface area contributed by atoms with Crippen LogP contribution in [0, 0.1) is 12.8 Å². The first-order valence-corrected chi connectivity index (χ1v) is 11.1. The summed E-state index contributed by atoms with van der Waals surface area (Å²) in [5, 5.41) is 15.9. The minimum atomic E-state index is -0.124. The van der Waals surface area contributed by atoms with Crippen LogP contribution in [0.15, 0.2) is 59.5 Å². The zero-order chi connectivity index (χ0) is 22.3. The van der Waals surface area contributed by atoms with Crippen LogP contribution in [0.3, 0.4) is 0 Å². The lowest BCUT2D eigenvalue weighted by atomic mass is 9.96. The zero-order valence-electron chi connectivity index (χ0n) is 18.3. The molecule has 1 aromatic carbocycles. The van der Waals surface area contributed by atoms with Crippen molar-refractivity contribution < 1.29 is 4.79 Å². The molecule has 0 saturated carbocycles. The van der Waals surface area contributed by atoms with Gasteiger partial charge in [-0.25, -0.2) is 4.68 Å². The maximum atomic E-state index is 12.5. The second-order valence-corrected chi connectivity index (χ2v) is 8.08. The molecule has 32 heavy (non-hydrogen) atoms. The maximum Gasteiger partial charge on any atom is 0.266 e. The van der Waals surface area contributed by atoms with E-state index in [2.05, 4.69) is 44.6 Å². The van der Waals surface area contributed by atoms with Crippen LogP contribution in [0.1, 0.15) is 24.8 Å². The van der Waals surface area contributed by atoms with Crippen LogP contribution >= 0.6 is 0 Å². The molecule has 1 N–H and O–H groups in total. The molecule has 0 spiro atoms. The summed E-state index contributed by atoms with van der Waals surface area (Å²) in [6, 6.07) is 15.3. The first kappa shape index (κ1) is 21.7. The normalized spacial score (nSPS) is 14.3. The summed E-state index contributed by atoms with van der Waals surface area (Å²) in [7, 11) is 0. The number of aryl methyl sites for hydroxylation is 2. The molecule has 8 heteroatoms. The van der Waals surface area contributed by atoms with Crippen LogP contribution < -0.4 is 15.8 Å². The number of anilines is 1. The number of aromatic nitrogens is 4. The molecule has 1 amide bonds. The van der Waals surface area contributed by atoms with E-state index in [-0.39, 0.29) is 17.4 Å². The molecule has 166 valence electrons. The molecule has 0 radical (unpaired) electrons. The van der Waals surface area contributed by atoms with E-state index in [1.54, 1.807) is 12.3 Å². The molecule has 1 saturated heterocycles. The number of carbonyl (C=O) groups is 1. The number of hydrogen-bond donors (Lipinski definition) is 1. The van der Waals surface area contributed by atoms with Gasteiger partial charge < -0.3 is 10.2 Å². The van der Waals surface area contributed by atoms with Gasteiger partial charge in [-0.2, -0.15) is 5.10 Å². The number of rotatable bonds is 7. The monoisotopic (exact) mass is 432 g/mol. The Morgan fingerprint density at radius 3 is 2.59 bits per heavy atom. The van der Waals surface area contributed by atoms with Gasteiger partial charge in [-0.05, 0) is 49.9 Å². The second kappa shape index (κ2) is 10.2. The van der Waals surface area contributed by atoms with E-state index < -0.39 is 0 Å². The molecule has 0 unspecified atom stereocenters. The third-order valence-corrected chi connectivity index (χ3v) is 5.89. The Labute approximate surface area is 187 Å². The molecular weight excluding hydrogens is 404 g/mol. The second-order valence-electron chi connectivity index (χ2n) is 8.08. The first-order chi connectivity index (χ1) is 15.6. The van der Waals surface area contributed by atoms with E-state index in [0.717, 1.165) is 43.0 Å². The average Bonchev–Trinajstić information content (AvgIpc) is 2.83. The number of nitrogens with one attached hydrogen (secondary N) is 1. The van der Waals surface area contributed by atoms with E-state index in [4.69, 9.17) is 0 Å². The summed E-state index contributed by atoms with van der Waals surface area (Å²) in [5.41, 5.74) is 3.01. The third kappa shape index (κ3) is 5.19. The Morgan fingerprint density at radius 1 is 1.06 bits per heavy atom.